The number of hydrogen-bond acceptors (Lipinski definition) is 3. The smallest absolute Gasteiger partial charge is 0.261 e. The minimum Gasteiger partial charge on any atom is -0.484 e. The molecular formula is C29H33FN2O3. The third-order valence-corrected chi connectivity index (χ3v) is 5.81. The Hall–Kier alpha value is -3.67. The van der Waals surface area contributed by atoms with Crippen molar-refractivity contribution >= 4 is 11.8 Å². The number of ether oxygens (including phenoxy) is 1. The fourth-order valence-electron chi connectivity index (χ4n) is 3.78. The van der Waals surface area contributed by atoms with Crippen molar-refractivity contribution in [3.63, 3.8) is 0 Å². The third kappa shape index (κ3) is 7.67. The van der Waals surface area contributed by atoms with E-state index in [1.807, 2.05) is 61.5 Å². The quantitative estimate of drug-likeness (QED) is 0.403. The van der Waals surface area contributed by atoms with Crippen LogP contribution < -0.4 is 10.1 Å². The lowest BCUT2D eigenvalue weighted by Crippen LogP contribution is -2.51. The Bertz CT molecular complexity index is 1090. The van der Waals surface area contributed by atoms with Gasteiger partial charge in [-0.1, -0.05) is 74.5 Å². The molecule has 0 aliphatic rings. The zero-order valence-electron chi connectivity index (χ0n) is 20.4. The molecule has 0 bridgehead atoms. The van der Waals surface area contributed by atoms with Crippen molar-refractivity contribution in [1.82, 2.24) is 10.2 Å². The average Bonchev–Trinajstić information content (AvgIpc) is 2.89. The Kier molecular flexibility index (Phi) is 9.84. The lowest BCUT2D eigenvalue weighted by Gasteiger charge is -2.31. The minimum absolute atomic E-state index is 0.0410. The molecule has 0 aliphatic heterocycles. The summed E-state index contributed by atoms with van der Waals surface area (Å²) in [6, 6.07) is 22.5. The molecule has 0 aromatic heterocycles. The Labute approximate surface area is 206 Å². The summed E-state index contributed by atoms with van der Waals surface area (Å²) in [4.78, 5) is 28.1. The van der Waals surface area contributed by atoms with E-state index in [1.54, 1.807) is 18.2 Å². The number of aryl methyl sites for hydroxylation is 1. The van der Waals surface area contributed by atoms with Crippen molar-refractivity contribution in [2.45, 2.75) is 45.7 Å². The lowest BCUT2D eigenvalue weighted by molar-refractivity contribution is -0.142. The van der Waals surface area contributed by atoms with Gasteiger partial charge in [-0.2, -0.15) is 0 Å². The number of carbonyl (C=O) groups excluding carboxylic acids is 2. The first-order chi connectivity index (χ1) is 17.0. The topological polar surface area (TPSA) is 58.6 Å². The summed E-state index contributed by atoms with van der Waals surface area (Å²) in [6.07, 6.45) is 1.98. The van der Waals surface area contributed by atoms with Crippen LogP contribution in [-0.2, 0) is 29.0 Å². The van der Waals surface area contributed by atoms with Gasteiger partial charge in [0.05, 0.1) is 0 Å². The van der Waals surface area contributed by atoms with Crippen molar-refractivity contribution in [2.75, 3.05) is 13.2 Å². The summed E-state index contributed by atoms with van der Waals surface area (Å²) >= 11 is 0. The van der Waals surface area contributed by atoms with Gasteiger partial charge in [0.25, 0.3) is 5.91 Å². The molecular weight excluding hydrogens is 443 g/mol. The standard InChI is InChI=1S/C29H33FN2O3/c1-3-18-31-29(34)27(19-23-10-6-5-7-11-23)32(20-24-12-8-9-13-26(24)30)28(33)21-35-25-16-14-22(4-2)15-17-25/h5-17,27H,3-4,18-21H2,1-2H3,(H,31,34)/t27-/m1/s1. The van der Waals surface area contributed by atoms with E-state index in [0.29, 0.717) is 24.3 Å². The van der Waals surface area contributed by atoms with Gasteiger partial charge in [-0.15, -0.1) is 0 Å². The molecule has 3 rings (SSSR count). The maximum Gasteiger partial charge on any atom is 0.261 e. The Morgan fingerprint density at radius 2 is 1.60 bits per heavy atom. The second kappa shape index (κ2) is 13.3. The number of halogens is 1. The van der Waals surface area contributed by atoms with Crippen LogP contribution in [0.15, 0.2) is 78.9 Å². The van der Waals surface area contributed by atoms with E-state index in [0.717, 1.165) is 18.4 Å². The Balaban J connectivity index is 1.88. The molecule has 3 aromatic rings. The number of nitrogens with one attached hydrogen (secondary N) is 1. The van der Waals surface area contributed by atoms with E-state index in [-0.39, 0.29) is 25.0 Å². The van der Waals surface area contributed by atoms with Crippen LogP contribution in [0.25, 0.3) is 0 Å². The van der Waals surface area contributed by atoms with Crippen LogP contribution >= 0.6 is 0 Å². The number of carbonyl (C=O) groups is 2. The normalized spacial score (nSPS) is 11.5. The number of nitrogens with zero attached hydrogens (tertiary/aromatic N) is 1. The molecule has 184 valence electrons. The third-order valence-electron chi connectivity index (χ3n) is 5.81. The van der Waals surface area contributed by atoms with Crippen LogP contribution in [0.1, 0.15) is 37.0 Å². The Morgan fingerprint density at radius 1 is 0.914 bits per heavy atom. The van der Waals surface area contributed by atoms with Gasteiger partial charge in [-0.05, 0) is 42.2 Å². The molecule has 35 heavy (non-hydrogen) atoms. The molecule has 0 unspecified atom stereocenters. The van der Waals surface area contributed by atoms with Crippen LogP contribution in [0.4, 0.5) is 4.39 Å². The molecule has 1 atom stereocenters. The minimum atomic E-state index is -0.817. The molecule has 0 aliphatic carbocycles. The maximum atomic E-state index is 14.6. The zero-order valence-corrected chi connectivity index (χ0v) is 20.4. The van der Waals surface area contributed by atoms with Crippen molar-refractivity contribution in [2.24, 2.45) is 0 Å². The first-order valence-corrected chi connectivity index (χ1v) is 12.1. The summed E-state index contributed by atoms with van der Waals surface area (Å²) in [5.41, 5.74) is 2.42. The molecule has 0 spiro atoms. The van der Waals surface area contributed by atoms with E-state index in [9.17, 15) is 14.0 Å². The maximum absolute atomic E-state index is 14.6. The number of amides is 2. The second-order valence-electron chi connectivity index (χ2n) is 8.40. The summed E-state index contributed by atoms with van der Waals surface area (Å²) in [5, 5.41) is 2.91. The summed E-state index contributed by atoms with van der Waals surface area (Å²) in [5.74, 6) is -0.515. The molecule has 3 aromatic carbocycles. The highest BCUT2D eigenvalue weighted by Gasteiger charge is 2.31. The predicted molar refractivity (Wildman–Crippen MR) is 135 cm³/mol. The highest BCUT2D eigenvalue weighted by atomic mass is 19.1. The molecule has 0 radical (unpaired) electrons. The molecule has 2 amide bonds. The van der Waals surface area contributed by atoms with E-state index >= 15 is 0 Å². The SMILES string of the molecule is CCCNC(=O)[C@@H](Cc1ccccc1)N(Cc1ccccc1F)C(=O)COc1ccc(CC)cc1. The van der Waals surface area contributed by atoms with Crippen LogP contribution in [0.5, 0.6) is 5.75 Å². The van der Waals surface area contributed by atoms with Gasteiger partial charge in [0.2, 0.25) is 5.91 Å². The first kappa shape index (κ1) is 25.9. The second-order valence-corrected chi connectivity index (χ2v) is 8.40. The highest BCUT2D eigenvalue weighted by molar-refractivity contribution is 5.88. The molecule has 1 N–H and O–H groups in total. The van der Waals surface area contributed by atoms with Crippen molar-refractivity contribution < 1.29 is 18.7 Å². The number of rotatable bonds is 12. The van der Waals surface area contributed by atoms with Crippen molar-refractivity contribution in [3.8, 4) is 5.75 Å². The summed E-state index contributed by atoms with van der Waals surface area (Å²) in [6.45, 7) is 4.22. The van der Waals surface area contributed by atoms with Gasteiger partial charge in [0, 0.05) is 25.1 Å². The molecule has 0 fully saturated rings. The number of benzene rings is 3. The zero-order chi connectivity index (χ0) is 25.0. The van der Waals surface area contributed by atoms with Gasteiger partial charge in [-0.25, -0.2) is 4.39 Å². The molecule has 6 heteroatoms. The summed E-state index contributed by atoms with van der Waals surface area (Å²) in [7, 11) is 0. The lowest BCUT2D eigenvalue weighted by atomic mass is 10.0. The molecule has 0 heterocycles. The fraction of sp³-hybridized carbons (Fsp3) is 0.310. The first-order valence-electron chi connectivity index (χ1n) is 12.1. The largest absolute Gasteiger partial charge is 0.484 e. The van der Waals surface area contributed by atoms with Crippen LogP contribution in [0.3, 0.4) is 0 Å². The molecule has 0 saturated carbocycles. The monoisotopic (exact) mass is 476 g/mol. The van der Waals surface area contributed by atoms with E-state index in [4.69, 9.17) is 4.74 Å². The van der Waals surface area contributed by atoms with Crippen molar-refractivity contribution in [1.29, 1.82) is 0 Å². The van der Waals surface area contributed by atoms with Crippen LogP contribution in [0, 0.1) is 5.82 Å². The van der Waals surface area contributed by atoms with Crippen molar-refractivity contribution in [3.05, 3.63) is 101 Å². The molecule has 5 nitrogen and oxygen atoms in total. The highest BCUT2D eigenvalue weighted by Crippen LogP contribution is 2.18. The van der Waals surface area contributed by atoms with Crippen LogP contribution in [-0.4, -0.2) is 35.9 Å². The summed E-state index contributed by atoms with van der Waals surface area (Å²) < 4.78 is 20.3. The molecule has 0 saturated heterocycles. The van der Waals surface area contributed by atoms with Gasteiger partial charge in [0.15, 0.2) is 6.61 Å². The van der Waals surface area contributed by atoms with Gasteiger partial charge < -0.3 is 15.0 Å². The predicted octanol–water partition coefficient (Wildman–Crippen LogP) is 4.93. The number of hydrogen-bond donors (Lipinski definition) is 1. The average molecular weight is 477 g/mol. The van der Waals surface area contributed by atoms with E-state index in [1.165, 1.54) is 16.5 Å². The van der Waals surface area contributed by atoms with E-state index < -0.39 is 11.9 Å². The van der Waals surface area contributed by atoms with Gasteiger partial charge in [-0.3, -0.25) is 9.59 Å². The van der Waals surface area contributed by atoms with Gasteiger partial charge >= 0.3 is 0 Å². The Morgan fingerprint density at radius 3 is 2.26 bits per heavy atom. The van der Waals surface area contributed by atoms with Crippen LogP contribution in [0.2, 0.25) is 0 Å². The van der Waals surface area contributed by atoms with E-state index in [2.05, 4.69) is 12.2 Å². The van der Waals surface area contributed by atoms with Gasteiger partial charge in [0.1, 0.15) is 17.6 Å². The fourth-order valence-corrected chi connectivity index (χ4v) is 3.78.